The van der Waals surface area contributed by atoms with Crippen LogP contribution in [0.5, 0.6) is 5.75 Å². The van der Waals surface area contributed by atoms with E-state index in [4.69, 9.17) is 27.9 Å². The lowest BCUT2D eigenvalue weighted by atomic mass is 10.2. The summed E-state index contributed by atoms with van der Waals surface area (Å²) < 4.78 is 33.4. The number of carbonyl (C=O) groups is 1. The van der Waals surface area contributed by atoms with Crippen LogP contribution in [0, 0.1) is 0 Å². The first-order chi connectivity index (χ1) is 12.8. The number of hydrogen-bond acceptors (Lipinski definition) is 4. The van der Waals surface area contributed by atoms with Gasteiger partial charge in [-0.05, 0) is 36.8 Å². The summed E-state index contributed by atoms with van der Waals surface area (Å²) in [6.45, 7) is 2.27. The van der Waals surface area contributed by atoms with Gasteiger partial charge in [0.1, 0.15) is 5.75 Å². The Kier molecular flexibility index (Phi) is 5.83. The van der Waals surface area contributed by atoms with Crippen LogP contribution in [0.25, 0.3) is 0 Å². The van der Waals surface area contributed by atoms with Crippen LogP contribution < -0.4 is 14.4 Å². The minimum atomic E-state index is -3.97. The van der Waals surface area contributed by atoms with Gasteiger partial charge in [0.05, 0.1) is 27.2 Å². The molecule has 0 bridgehead atoms. The summed E-state index contributed by atoms with van der Waals surface area (Å²) in [5, 5.41) is 3.13. The molecule has 0 aromatic heterocycles. The third-order valence-corrected chi connectivity index (χ3v) is 6.57. The molecule has 0 fully saturated rings. The highest BCUT2D eigenvalue weighted by Gasteiger charge is 2.37. The van der Waals surface area contributed by atoms with E-state index in [0.717, 1.165) is 6.42 Å². The molecule has 1 aliphatic heterocycles. The van der Waals surface area contributed by atoms with Crippen LogP contribution in [0.3, 0.4) is 0 Å². The number of ether oxygens (including phenoxy) is 1. The van der Waals surface area contributed by atoms with Crippen molar-refractivity contribution in [2.45, 2.75) is 24.3 Å². The molecule has 3 rings (SSSR count). The van der Waals surface area contributed by atoms with Crippen LogP contribution in [0.2, 0.25) is 10.0 Å². The van der Waals surface area contributed by atoms with Crippen LogP contribution in [0.1, 0.15) is 13.3 Å². The number of nitrogens with one attached hydrogen (secondary N) is 1. The van der Waals surface area contributed by atoms with Crippen LogP contribution >= 0.6 is 23.2 Å². The summed E-state index contributed by atoms with van der Waals surface area (Å²) in [5.74, 6) is -0.0373. The largest absolute Gasteiger partial charge is 0.476 e. The van der Waals surface area contributed by atoms with E-state index >= 15 is 0 Å². The summed E-state index contributed by atoms with van der Waals surface area (Å²) in [6, 6.07) is 10.8. The number of nitrogens with zero attached hydrogens (tertiary/aromatic N) is 1. The Labute approximate surface area is 168 Å². The third kappa shape index (κ3) is 4.00. The molecule has 1 heterocycles. The second-order valence-electron chi connectivity index (χ2n) is 5.98. The molecule has 1 amide bonds. The summed E-state index contributed by atoms with van der Waals surface area (Å²) in [5.41, 5.74) is 0.364. The number of anilines is 1. The molecule has 6 nitrogen and oxygen atoms in total. The summed E-state index contributed by atoms with van der Waals surface area (Å²) in [4.78, 5) is 12.4. The number of carbonyl (C=O) groups excluding carboxylic acids is 1. The fourth-order valence-corrected chi connectivity index (χ4v) is 4.56. The van der Waals surface area contributed by atoms with E-state index in [9.17, 15) is 13.2 Å². The van der Waals surface area contributed by atoms with Crippen LogP contribution in [0.4, 0.5) is 5.69 Å². The van der Waals surface area contributed by atoms with Gasteiger partial charge in [0.2, 0.25) is 0 Å². The number of halogens is 2. The van der Waals surface area contributed by atoms with Gasteiger partial charge in [0.25, 0.3) is 15.9 Å². The minimum Gasteiger partial charge on any atom is -0.476 e. The number of fused-ring (bicyclic) bond motifs is 1. The Hall–Kier alpha value is -1.96. The maximum atomic E-state index is 13.2. The molecule has 1 unspecified atom stereocenters. The smallest absolute Gasteiger partial charge is 0.264 e. The number of para-hydroxylation sites is 2. The minimum absolute atomic E-state index is 0.0127. The predicted molar refractivity (Wildman–Crippen MR) is 105 cm³/mol. The number of amides is 1. The van der Waals surface area contributed by atoms with Crippen molar-refractivity contribution < 1.29 is 17.9 Å². The monoisotopic (exact) mass is 428 g/mol. The van der Waals surface area contributed by atoms with Crippen LogP contribution in [-0.4, -0.2) is 33.5 Å². The molecule has 0 radical (unpaired) electrons. The van der Waals surface area contributed by atoms with E-state index in [1.54, 1.807) is 24.3 Å². The van der Waals surface area contributed by atoms with E-state index in [1.165, 1.54) is 22.5 Å². The second-order valence-corrected chi connectivity index (χ2v) is 8.65. The Balaban J connectivity index is 2.01. The number of hydrogen-bond donors (Lipinski definition) is 1. The highest BCUT2D eigenvalue weighted by atomic mass is 35.5. The average Bonchev–Trinajstić information content (AvgIpc) is 2.67. The summed E-state index contributed by atoms with van der Waals surface area (Å²) in [6.07, 6.45) is -0.190. The zero-order chi connectivity index (χ0) is 19.6. The van der Waals surface area contributed by atoms with Crippen molar-refractivity contribution in [3.05, 3.63) is 52.5 Å². The Bertz CT molecular complexity index is 966. The molecule has 0 spiro atoms. The lowest BCUT2D eigenvalue weighted by Gasteiger charge is -2.34. The van der Waals surface area contributed by atoms with E-state index in [2.05, 4.69) is 5.32 Å². The quantitative estimate of drug-likeness (QED) is 0.790. The number of sulfonamides is 1. The first-order valence-electron chi connectivity index (χ1n) is 8.35. The van der Waals surface area contributed by atoms with E-state index < -0.39 is 16.1 Å². The van der Waals surface area contributed by atoms with Crippen molar-refractivity contribution in [2.24, 2.45) is 0 Å². The third-order valence-electron chi connectivity index (χ3n) is 4.06. The SMILES string of the molecule is CCCNC(=O)C1CN(S(=O)(=O)c2ccc(Cl)c(Cl)c2)c2ccccc2O1. The van der Waals surface area contributed by atoms with Crippen molar-refractivity contribution >= 4 is 44.8 Å². The Morgan fingerprint density at radius 1 is 1.22 bits per heavy atom. The van der Waals surface area contributed by atoms with E-state index in [-0.39, 0.29) is 27.4 Å². The lowest BCUT2D eigenvalue weighted by molar-refractivity contribution is -0.127. The van der Waals surface area contributed by atoms with Gasteiger partial charge < -0.3 is 10.1 Å². The Morgan fingerprint density at radius 3 is 2.67 bits per heavy atom. The van der Waals surface area contributed by atoms with Gasteiger partial charge in [-0.3, -0.25) is 9.10 Å². The second kappa shape index (κ2) is 7.96. The maximum absolute atomic E-state index is 13.2. The van der Waals surface area contributed by atoms with Gasteiger partial charge in [-0.15, -0.1) is 0 Å². The Morgan fingerprint density at radius 2 is 1.96 bits per heavy atom. The molecule has 1 N–H and O–H groups in total. The number of rotatable bonds is 5. The molecule has 27 heavy (non-hydrogen) atoms. The molecule has 0 saturated heterocycles. The van der Waals surface area contributed by atoms with Gasteiger partial charge in [0.15, 0.2) is 6.10 Å². The maximum Gasteiger partial charge on any atom is 0.264 e. The van der Waals surface area contributed by atoms with Crippen LogP contribution in [-0.2, 0) is 14.8 Å². The molecule has 9 heteroatoms. The summed E-state index contributed by atoms with van der Waals surface area (Å²) in [7, 11) is -3.97. The molecular weight excluding hydrogens is 411 g/mol. The molecule has 144 valence electrons. The topological polar surface area (TPSA) is 75.7 Å². The molecule has 0 aliphatic carbocycles. The lowest BCUT2D eigenvalue weighted by Crippen LogP contribution is -2.50. The van der Waals surface area contributed by atoms with E-state index in [1.807, 2.05) is 6.92 Å². The molecule has 1 atom stereocenters. The zero-order valence-electron chi connectivity index (χ0n) is 14.5. The average molecular weight is 429 g/mol. The molecular formula is C18H18Cl2N2O4S. The summed E-state index contributed by atoms with van der Waals surface area (Å²) >= 11 is 11.9. The highest BCUT2D eigenvalue weighted by molar-refractivity contribution is 7.92. The van der Waals surface area contributed by atoms with Crippen molar-refractivity contribution in [1.82, 2.24) is 5.32 Å². The van der Waals surface area contributed by atoms with E-state index in [0.29, 0.717) is 18.0 Å². The fraction of sp³-hybridized carbons (Fsp3) is 0.278. The van der Waals surface area contributed by atoms with Crippen molar-refractivity contribution in [3.8, 4) is 5.75 Å². The van der Waals surface area contributed by atoms with Gasteiger partial charge >= 0.3 is 0 Å². The highest BCUT2D eigenvalue weighted by Crippen LogP contribution is 2.37. The normalized spacial score (nSPS) is 16.4. The number of benzene rings is 2. The molecule has 2 aromatic carbocycles. The van der Waals surface area contributed by atoms with Gasteiger partial charge in [-0.25, -0.2) is 8.42 Å². The van der Waals surface area contributed by atoms with Crippen molar-refractivity contribution in [3.63, 3.8) is 0 Å². The van der Waals surface area contributed by atoms with Crippen LogP contribution in [0.15, 0.2) is 47.4 Å². The van der Waals surface area contributed by atoms with Crippen molar-refractivity contribution in [2.75, 3.05) is 17.4 Å². The van der Waals surface area contributed by atoms with Gasteiger partial charge in [-0.2, -0.15) is 0 Å². The molecule has 1 aliphatic rings. The molecule has 2 aromatic rings. The first-order valence-corrected chi connectivity index (χ1v) is 10.6. The fourth-order valence-electron chi connectivity index (χ4n) is 2.69. The molecule has 0 saturated carbocycles. The van der Waals surface area contributed by atoms with Gasteiger partial charge in [-0.1, -0.05) is 42.3 Å². The zero-order valence-corrected chi connectivity index (χ0v) is 16.8. The van der Waals surface area contributed by atoms with Gasteiger partial charge in [0, 0.05) is 6.54 Å². The first kappa shape index (κ1) is 19.8. The predicted octanol–water partition coefficient (Wildman–Crippen LogP) is 3.48. The van der Waals surface area contributed by atoms with Crippen molar-refractivity contribution in [1.29, 1.82) is 0 Å². The standard InChI is InChI=1S/C18H18Cl2N2O4S/c1-2-9-21-18(23)17-11-22(15-5-3-4-6-16(15)26-17)27(24,25)12-7-8-13(19)14(20)10-12/h3-8,10,17H,2,9,11H2,1H3,(H,21,23).